The Bertz CT molecular complexity index is 1320. The molecule has 0 saturated carbocycles. The van der Waals surface area contributed by atoms with Gasteiger partial charge in [-0.2, -0.15) is 15.1 Å². The van der Waals surface area contributed by atoms with Gasteiger partial charge in [0.1, 0.15) is 28.3 Å². The number of nitrogens with zero attached hydrogens (tertiary/aromatic N) is 5. The molecular weight excluding hydrogens is 436 g/mol. The van der Waals surface area contributed by atoms with Crippen LogP contribution in [0.15, 0.2) is 29.2 Å². The van der Waals surface area contributed by atoms with Crippen molar-refractivity contribution in [2.24, 2.45) is 0 Å². The van der Waals surface area contributed by atoms with E-state index >= 15 is 0 Å². The van der Waals surface area contributed by atoms with Crippen LogP contribution in [-0.2, 0) is 0 Å². The molecule has 0 aliphatic rings. The lowest BCUT2D eigenvalue weighted by Crippen LogP contribution is -2.28. The summed E-state index contributed by atoms with van der Waals surface area (Å²) in [4.78, 5) is 25.6. The number of nitrogens with two attached hydrogens (primary N) is 2. The number of aromatic nitrogens is 6. The second-order valence-corrected chi connectivity index (χ2v) is 7.06. The molecule has 13 heteroatoms. The maximum atomic E-state index is 14.0. The standard InChI is InChI=1S/C17H14Cl2FN9O/c1-6(24-14-12(19)13(21)26-17(22)27-14)15-25-8-3-2-7(20)11(18)10(8)16(30)29(15)9-4-5-23-28-9/h2-6H,1H3,(H,23,28)(H5,21,22,24,26,27)/t6-/m0/s1. The summed E-state index contributed by atoms with van der Waals surface area (Å²) in [7, 11) is 0. The third-order valence-electron chi connectivity index (χ3n) is 4.32. The minimum absolute atomic E-state index is 0.00134. The van der Waals surface area contributed by atoms with E-state index in [4.69, 9.17) is 34.7 Å². The molecule has 1 aromatic carbocycles. The monoisotopic (exact) mass is 449 g/mol. The molecule has 0 spiro atoms. The highest BCUT2D eigenvalue weighted by Gasteiger charge is 2.22. The van der Waals surface area contributed by atoms with E-state index in [1.54, 1.807) is 13.0 Å². The number of fused-ring (bicyclic) bond motifs is 1. The fourth-order valence-electron chi connectivity index (χ4n) is 2.97. The topological polar surface area (TPSA) is 153 Å². The molecule has 0 aliphatic heterocycles. The SMILES string of the molecule is C[C@H](Nc1nc(N)nc(N)c1Cl)c1nc2ccc(F)c(Cl)c2c(=O)n1-c1ccn[nH]1. The molecule has 0 unspecified atom stereocenters. The van der Waals surface area contributed by atoms with E-state index in [1.165, 1.54) is 16.8 Å². The molecule has 0 bridgehead atoms. The highest BCUT2D eigenvalue weighted by Crippen LogP contribution is 2.30. The van der Waals surface area contributed by atoms with Crippen LogP contribution in [0.3, 0.4) is 0 Å². The molecule has 0 radical (unpaired) electrons. The van der Waals surface area contributed by atoms with Gasteiger partial charge in [0.25, 0.3) is 5.56 Å². The zero-order chi connectivity index (χ0) is 21.6. The molecule has 3 aromatic heterocycles. The number of aromatic amines is 1. The molecule has 0 amide bonds. The van der Waals surface area contributed by atoms with Crippen LogP contribution in [0.2, 0.25) is 10.0 Å². The van der Waals surface area contributed by atoms with Crippen molar-refractivity contribution in [3.63, 3.8) is 0 Å². The van der Waals surface area contributed by atoms with Crippen LogP contribution < -0.4 is 22.3 Å². The van der Waals surface area contributed by atoms with Crippen molar-refractivity contribution in [2.75, 3.05) is 16.8 Å². The second-order valence-electron chi connectivity index (χ2n) is 6.30. The Labute approximate surface area is 178 Å². The van der Waals surface area contributed by atoms with Crippen molar-refractivity contribution in [2.45, 2.75) is 13.0 Å². The first-order valence-electron chi connectivity index (χ1n) is 8.53. The van der Waals surface area contributed by atoms with Gasteiger partial charge in [-0.3, -0.25) is 9.89 Å². The Hall–Kier alpha value is -3.44. The molecule has 6 N–H and O–H groups in total. The predicted molar refractivity (Wildman–Crippen MR) is 112 cm³/mol. The molecule has 10 nitrogen and oxygen atoms in total. The normalized spacial score (nSPS) is 12.3. The van der Waals surface area contributed by atoms with Crippen LogP contribution >= 0.6 is 23.2 Å². The van der Waals surface area contributed by atoms with Gasteiger partial charge in [-0.15, -0.1) is 0 Å². The first kappa shape index (κ1) is 19.9. The summed E-state index contributed by atoms with van der Waals surface area (Å²) in [5.41, 5.74) is 11.0. The van der Waals surface area contributed by atoms with E-state index in [9.17, 15) is 9.18 Å². The molecule has 4 rings (SSSR count). The fourth-order valence-corrected chi connectivity index (χ4v) is 3.35. The highest BCUT2D eigenvalue weighted by atomic mass is 35.5. The Morgan fingerprint density at radius 2 is 1.93 bits per heavy atom. The maximum Gasteiger partial charge on any atom is 0.268 e. The van der Waals surface area contributed by atoms with Gasteiger partial charge in [0.05, 0.1) is 28.2 Å². The van der Waals surface area contributed by atoms with Crippen LogP contribution in [0.25, 0.3) is 16.7 Å². The average molecular weight is 450 g/mol. The first-order valence-corrected chi connectivity index (χ1v) is 9.29. The largest absolute Gasteiger partial charge is 0.382 e. The minimum Gasteiger partial charge on any atom is -0.382 e. The van der Waals surface area contributed by atoms with Gasteiger partial charge >= 0.3 is 0 Å². The summed E-state index contributed by atoms with van der Waals surface area (Å²) in [5, 5.41) is 9.28. The van der Waals surface area contributed by atoms with Crippen molar-refractivity contribution in [1.82, 2.24) is 29.7 Å². The Kier molecular flexibility index (Phi) is 4.92. The van der Waals surface area contributed by atoms with Gasteiger partial charge in [0.15, 0.2) is 5.82 Å². The summed E-state index contributed by atoms with van der Waals surface area (Å²) < 4.78 is 15.2. The van der Waals surface area contributed by atoms with Gasteiger partial charge < -0.3 is 16.8 Å². The molecule has 3 heterocycles. The summed E-state index contributed by atoms with van der Waals surface area (Å²) >= 11 is 12.2. The van der Waals surface area contributed by atoms with Crippen LogP contribution in [0.1, 0.15) is 18.8 Å². The van der Waals surface area contributed by atoms with Crippen molar-refractivity contribution >= 4 is 51.7 Å². The van der Waals surface area contributed by atoms with E-state index in [-0.39, 0.29) is 44.4 Å². The number of nitrogen functional groups attached to an aromatic ring is 2. The van der Waals surface area contributed by atoms with E-state index in [1.807, 2.05) is 0 Å². The third kappa shape index (κ3) is 3.27. The number of benzene rings is 1. The Morgan fingerprint density at radius 3 is 2.63 bits per heavy atom. The lowest BCUT2D eigenvalue weighted by molar-refractivity contribution is 0.629. The van der Waals surface area contributed by atoms with E-state index < -0.39 is 17.4 Å². The predicted octanol–water partition coefficient (Wildman–Crippen LogP) is 2.68. The van der Waals surface area contributed by atoms with Crippen molar-refractivity contribution < 1.29 is 4.39 Å². The molecular formula is C17H14Cl2FN9O. The van der Waals surface area contributed by atoms with Crippen LogP contribution in [0, 0.1) is 5.82 Å². The molecule has 0 aliphatic carbocycles. The zero-order valence-electron chi connectivity index (χ0n) is 15.3. The van der Waals surface area contributed by atoms with Crippen LogP contribution in [0.4, 0.5) is 22.0 Å². The van der Waals surface area contributed by atoms with Gasteiger partial charge in [0, 0.05) is 6.07 Å². The number of rotatable bonds is 4. The lowest BCUT2D eigenvalue weighted by Gasteiger charge is -2.20. The van der Waals surface area contributed by atoms with Crippen molar-refractivity contribution in [3.8, 4) is 5.82 Å². The molecule has 0 saturated heterocycles. The smallest absolute Gasteiger partial charge is 0.268 e. The number of anilines is 3. The first-order chi connectivity index (χ1) is 14.3. The number of nitrogens with one attached hydrogen (secondary N) is 2. The van der Waals surface area contributed by atoms with Crippen LogP contribution in [-0.4, -0.2) is 29.7 Å². The number of hydrogen-bond donors (Lipinski definition) is 4. The minimum atomic E-state index is -0.725. The second kappa shape index (κ2) is 7.43. The maximum absolute atomic E-state index is 14.0. The van der Waals surface area contributed by atoms with Gasteiger partial charge in [0.2, 0.25) is 5.95 Å². The zero-order valence-corrected chi connectivity index (χ0v) is 16.8. The quantitative estimate of drug-likeness (QED) is 0.370. The summed E-state index contributed by atoms with van der Waals surface area (Å²) in [5.74, 6) is -0.0732. The van der Waals surface area contributed by atoms with Crippen molar-refractivity contribution in [3.05, 3.63) is 56.4 Å². The summed E-state index contributed by atoms with van der Waals surface area (Å²) in [6.07, 6.45) is 1.46. The average Bonchev–Trinajstić information content (AvgIpc) is 3.22. The number of H-pyrrole nitrogens is 1. The molecule has 4 aromatic rings. The molecule has 1 atom stereocenters. The Balaban J connectivity index is 1.93. The van der Waals surface area contributed by atoms with E-state index in [2.05, 4.69) is 30.5 Å². The third-order valence-corrected chi connectivity index (χ3v) is 5.06. The highest BCUT2D eigenvalue weighted by molar-refractivity contribution is 6.35. The Morgan fingerprint density at radius 1 is 1.17 bits per heavy atom. The molecule has 154 valence electrons. The van der Waals surface area contributed by atoms with Gasteiger partial charge in [-0.1, -0.05) is 23.2 Å². The number of halogens is 3. The summed E-state index contributed by atoms with van der Waals surface area (Å²) in [6, 6.07) is 3.45. The fraction of sp³-hybridized carbons (Fsp3) is 0.118. The summed E-state index contributed by atoms with van der Waals surface area (Å²) in [6.45, 7) is 1.72. The number of hydrogen-bond acceptors (Lipinski definition) is 8. The van der Waals surface area contributed by atoms with Crippen LogP contribution in [0.5, 0.6) is 0 Å². The van der Waals surface area contributed by atoms with Gasteiger partial charge in [-0.25, -0.2) is 13.9 Å². The molecule has 30 heavy (non-hydrogen) atoms. The van der Waals surface area contributed by atoms with E-state index in [0.29, 0.717) is 5.82 Å². The van der Waals surface area contributed by atoms with E-state index in [0.717, 1.165) is 6.07 Å². The lowest BCUT2D eigenvalue weighted by atomic mass is 10.2. The van der Waals surface area contributed by atoms with Gasteiger partial charge in [-0.05, 0) is 19.1 Å². The van der Waals surface area contributed by atoms with Crippen molar-refractivity contribution in [1.29, 1.82) is 0 Å². The molecule has 0 fully saturated rings.